The minimum atomic E-state index is -4.31. The van der Waals surface area contributed by atoms with Gasteiger partial charge in [-0.25, -0.2) is 0 Å². The number of amides is 1. The van der Waals surface area contributed by atoms with E-state index in [9.17, 15) is 18.0 Å². The van der Waals surface area contributed by atoms with Crippen LogP contribution in [0.15, 0.2) is 42.6 Å². The van der Waals surface area contributed by atoms with Gasteiger partial charge in [0.15, 0.2) is 5.82 Å². The third-order valence-electron chi connectivity index (χ3n) is 5.38. The van der Waals surface area contributed by atoms with Gasteiger partial charge < -0.3 is 10.6 Å². The van der Waals surface area contributed by atoms with Gasteiger partial charge in [-0.05, 0) is 60.7 Å². The molecular formula is C21H19F3N4O. The zero-order chi connectivity index (χ0) is 20.8. The molecule has 1 atom stereocenters. The van der Waals surface area contributed by atoms with E-state index in [4.69, 9.17) is 5.73 Å². The Morgan fingerprint density at radius 2 is 2.00 bits per heavy atom. The average molecular weight is 400 g/mol. The van der Waals surface area contributed by atoms with Crippen molar-refractivity contribution in [2.75, 3.05) is 11.4 Å². The SMILES string of the molecule is Cc1ccc(C(N)=O)cc1-c1ccc2c(N3CCC[C@H]3C(F)(F)F)nncc2c1. The molecule has 1 amide bonds. The van der Waals surface area contributed by atoms with E-state index in [0.717, 1.165) is 16.7 Å². The first-order chi connectivity index (χ1) is 13.8. The molecule has 2 N–H and O–H groups in total. The van der Waals surface area contributed by atoms with Crippen LogP contribution >= 0.6 is 0 Å². The van der Waals surface area contributed by atoms with Crippen LogP contribution in [0.4, 0.5) is 19.0 Å². The van der Waals surface area contributed by atoms with Gasteiger partial charge in [0.1, 0.15) is 6.04 Å². The first-order valence-electron chi connectivity index (χ1n) is 9.25. The number of anilines is 1. The second-order valence-electron chi connectivity index (χ2n) is 7.26. The second kappa shape index (κ2) is 7.02. The van der Waals surface area contributed by atoms with Crippen LogP contribution in [-0.2, 0) is 0 Å². The van der Waals surface area contributed by atoms with Gasteiger partial charge in [-0.3, -0.25) is 4.79 Å². The number of rotatable bonds is 3. The highest BCUT2D eigenvalue weighted by atomic mass is 19.4. The molecule has 29 heavy (non-hydrogen) atoms. The number of halogens is 3. The maximum Gasteiger partial charge on any atom is 0.408 e. The summed E-state index contributed by atoms with van der Waals surface area (Å²) in [5.74, 6) is -0.274. The van der Waals surface area contributed by atoms with Crippen LogP contribution < -0.4 is 10.6 Å². The third-order valence-corrected chi connectivity index (χ3v) is 5.38. The molecule has 0 bridgehead atoms. The van der Waals surface area contributed by atoms with Gasteiger partial charge in [-0.15, -0.1) is 5.10 Å². The molecule has 0 spiro atoms. The highest BCUT2D eigenvalue weighted by molar-refractivity contribution is 5.97. The number of benzene rings is 2. The Labute approximate surface area is 165 Å². The summed E-state index contributed by atoms with van der Waals surface area (Å²) in [6.45, 7) is 2.21. The Balaban J connectivity index is 1.80. The molecule has 2 aromatic carbocycles. The fraction of sp³-hybridized carbons (Fsp3) is 0.286. The van der Waals surface area contributed by atoms with E-state index in [0.29, 0.717) is 29.3 Å². The normalized spacial score (nSPS) is 17.1. The molecule has 1 fully saturated rings. The molecule has 0 radical (unpaired) electrons. The maximum absolute atomic E-state index is 13.4. The van der Waals surface area contributed by atoms with E-state index < -0.39 is 18.1 Å². The van der Waals surface area contributed by atoms with Gasteiger partial charge >= 0.3 is 6.18 Å². The molecule has 1 aliphatic rings. The molecule has 4 rings (SSSR count). The molecule has 0 saturated carbocycles. The molecule has 8 heteroatoms. The average Bonchev–Trinajstić information content (AvgIpc) is 3.17. The lowest BCUT2D eigenvalue weighted by atomic mass is 9.96. The van der Waals surface area contributed by atoms with Crippen molar-refractivity contribution in [1.29, 1.82) is 0 Å². The fourth-order valence-electron chi connectivity index (χ4n) is 3.90. The number of alkyl halides is 3. The molecule has 5 nitrogen and oxygen atoms in total. The monoisotopic (exact) mass is 400 g/mol. The Bertz CT molecular complexity index is 1100. The lowest BCUT2D eigenvalue weighted by Gasteiger charge is -2.28. The van der Waals surface area contributed by atoms with Crippen molar-refractivity contribution in [3.8, 4) is 11.1 Å². The summed E-state index contributed by atoms with van der Waals surface area (Å²) in [4.78, 5) is 12.8. The number of carbonyl (C=O) groups excluding carboxylic acids is 1. The highest BCUT2D eigenvalue weighted by Crippen LogP contribution is 2.38. The Hall–Kier alpha value is -3.16. The third kappa shape index (κ3) is 3.50. The van der Waals surface area contributed by atoms with Crippen molar-refractivity contribution in [3.63, 3.8) is 0 Å². The minimum Gasteiger partial charge on any atom is -0.366 e. The van der Waals surface area contributed by atoms with Crippen LogP contribution in [0, 0.1) is 6.92 Å². The topological polar surface area (TPSA) is 72.1 Å². The van der Waals surface area contributed by atoms with Crippen LogP contribution in [0.2, 0.25) is 0 Å². The maximum atomic E-state index is 13.4. The van der Waals surface area contributed by atoms with Crippen LogP contribution in [0.5, 0.6) is 0 Å². The highest BCUT2D eigenvalue weighted by Gasteiger charge is 2.46. The van der Waals surface area contributed by atoms with Crippen molar-refractivity contribution in [1.82, 2.24) is 10.2 Å². The van der Waals surface area contributed by atoms with Gasteiger partial charge in [0, 0.05) is 22.9 Å². The summed E-state index contributed by atoms with van der Waals surface area (Å²) in [7, 11) is 0. The van der Waals surface area contributed by atoms with Crippen LogP contribution in [0.25, 0.3) is 21.9 Å². The van der Waals surface area contributed by atoms with E-state index in [1.54, 1.807) is 18.2 Å². The van der Waals surface area contributed by atoms with E-state index in [1.807, 2.05) is 25.1 Å². The summed E-state index contributed by atoms with van der Waals surface area (Å²) in [5, 5.41) is 9.27. The van der Waals surface area contributed by atoms with Gasteiger partial charge in [-0.1, -0.05) is 12.1 Å². The Kier molecular flexibility index (Phi) is 4.64. The Morgan fingerprint density at radius 3 is 2.72 bits per heavy atom. The molecule has 1 saturated heterocycles. The molecule has 2 heterocycles. The van der Waals surface area contributed by atoms with Crippen molar-refractivity contribution in [2.24, 2.45) is 5.73 Å². The van der Waals surface area contributed by atoms with Crippen molar-refractivity contribution < 1.29 is 18.0 Å². The summed E-state index contributed by atoms with van der Waals surface area (Å²) in [6, 6.07) is 9.07. The molecule has 3 aromatic rings. The lowest BCUT2D eigenvalue weighted by molar-refractivity contribution is -0.146. The van der Waals surface area contributed by atoms with Gasteiger partial charge in [-0.2, -0.15) is 18.3 Å². The predicted octanol–water partition coefficient (Wildman–Crippen LogP) is 4.24. The molecule has 150 valence electrons. The van der Waals surface area contributed by atoms with E-state index >= 15 is 0 Å². The molecule has 1 aromatic heterocycles. The van der Waals surface area contributed by atoms with E-state index in [2.05, 4.69) is 10.2 Å². The first-order valence-corrected chi connectivity index (χ1v) is 9.25. The summed E-state index contributed by atoms with van der Waals surface area (Å²) >= 11 is 0. The predicted molar refractivity (Wildman–Crippen MR) is 105 cm³/mol. The van der Waals surface area contributed by atoms with Crippen LogP contribution in [0.1, 0.15) is 28.8 Å². The number of nitrogens with zero attached hydrogens (tertiary/aromatic N) is 3. The quantitative estimate of drug-likeness (QED) is 0.714. The molecular weight excluding hydrogens is 381 g/mol. The van der Waals surface area contributed by atoms with Crippen molar-refractivity contribution >= 4 is 22.5 Å². The number of aromatic nitrogens is 2. The molecule has 0 unspecified atom stereocenters. The standard InChI is InChI=1S/C21H19F3N4O/c1-12-4-5-14(19(25)29)10-17(12)13-6-7-16-15(9-13)11-26-27-20(16)28-8-2-3-18(28)21(22,23)24/h4-7,9-11,18H,2-3,8H2,1H3,(H2,25,29)/t18-/m0/s1. The van der Waals surface area contributed by atoms with Crippen LogP contribution in [-0.4, -0.2) is 34.9 Å². The number of carbonyl (C=O) groups is 1. The Morgan fingerprint density at radius 1 is 1.21 bits per heavy atom. The number of primary amides is 1. The first kappa shape index (κ1) is 19.2. The minimum absolute atomic E-state index is 0.0543. The van der Waals surface area contributed by atoms with E-state index in [1.165, 1.54) is 11.1 Å². The largest absolute Gasteiger partial charge is 0.408 e. The van der Waals surface area contributed by atoms with E-state index in [-0.39, 0.29) is 12.2 Å². The van der Waals surface area contributed by atoms with Gasteiger partial charge in [0.25, 0.3) is 0 Å². The van der Waals surface area contributed by atoms with Crippen molar-refractivity contribution in [2.45, 2.75) is 32.0 Å². The van der Waals surface area contributed by atoms with Gasteiger partial charge in [0.2, 0.25) is 5.91 Å². The number of hydrogen-bond acceptors (Lipinski definition) is 4. The van der Waals surface area contributed by atoms with Gasteiger partial charge in [0.05, 0.1) is 6.20 Å². The number of nitrogens with two attached hydrogens (primary N) is 1. The number of fused-ring (bicyclic) bond motifs is 1. The zero-order valence-electron chi connectivity index (χ0n) is 15.7. The van der Waals surface area contributed by atoms with Crippen molar-refractivity contribution in [3.05, 3.63) is 53.7 Å². The summed E-state index contributed by atoms with van der Waals surface area (Å²) < 4.78 is 40.2. The zero-order valence-corrected chi connectivity index (χ0v) is 15.7. The second-order valence-corrected chi connectivity index (χ2v) is 7.26. The van der Waals surface area contributed by atoms with Crippen LogP contribution in [0.3, 0.4) is 0 Å². The summed E-state index contributed by atoms with van der Waals surface area (Å²) in [5.41, 5.74) is 8.38. The fourth-order valence-corrected chi connectivity index (χ4v) is 3.90. The number of aryl methyl sites for hydroxylation is 1. The number of hydrogen-bond donors (Lipinski definition) is 1. The lowest BCUT2D eigenvalue weighted by Crippen LogP contribution is -2.41. The smallest absolute Gasteiger partial charge is 0.366 e. The summed E-state index contributed by atoms with van der Waals surface area (Å²) in [6.07, 6.45) is -2.26. The molecule has 1 aliphatic heterocycles. The molecule has 0 aliphatic carbocycles.